The van der Waals surface area contributed by atoms with Gasteiger partial charge in [0, 0.05) is 12.3 Å². The summed E-state index contributed by atoms with van der Waals surface area (Å²) in [6.07, 6.45) is 6.54. The molecule has 1 N–H and O–H groups in total. The predicted molar refractivity (Wildman–Crippen MR) is 92.0 cm³/mol. The minimum absolute atomic E-state index is 0. The second-order valence-electron chi connectivity index (χ2n) is 7.49. The molecule has 3 rings (SSSR count). The van der Waals surface area contributed by atoms with Crippen LogP contribution in [0.3, 0.4) is 0 Å². The minimum atomic E-state index is -0.203. The molecule has 2 heterocycles. The van der Waals surface area contributed by atoms with Gasteiger partial charge in [0.2, 0.25) is 5.91 Å². The number of halogens is 1. The Hall–Kier alpha value is -0.440. The van der Waals surface area contributed by atoms with Crippen molar-refractivity contribution in [3.05, 3.63) is 0 Å². The van der Waals surface area contributed by atoms with Gasteiger partial charge in [0.15, 0.2) is 0 Å². The van der Waals surface area contributed by atoms with E-state index in [-0.39, 0.29) is 35.3 Å². The molecular weight excluding hydrogens is 318 g/mol. The average Bonchev–Trinajstić information content (AvgIpc) is 3.09. The molecule has 0 aromatic rings. The highest BCUT2D eigenvalue weighted by atomic mass is 35.5. The summed E-state index contributed by atoms with van der Waals surface area (Å²) in [7, 11) is 0. The van der Waals surface area contributed by atoms with E-state index in [1.54, 1.807) is 4.90 Å². The highest BCUT2D eigenvalue weighted by molar-refractivity contribution is 8.01. The van der Waals surface area contributed by atoms with Gasteiger partial charge in [-0.3, -0.25) is 10.1 Å². The van der Waals surface area contributed by atoms with Crippen molar-refractivity contribution in [2.45, 2.75) is 69.3 Å². The first-order valence-electron chi connectivity index (χ1n) is 8.07. The number of hydrogen-bond acceptors (Lipinski definition) is 4. The van der Waals surface area contributed by atoms with Crippen LogP contribution in [0.25, 0.3) is 0 Å². The molecule has 0 radical (unpaired) electrons. The molecule has 22 heavy (non-hydrogen) atoms. The SMILES string of the molecule is CC1(C)CCC2(CC1)N[C@H](C(=O)N1CCC[C@H]1C#N)CS2.Cl. The Balaban J connectivity index is 0.00000176. The van der Waals surface area contributed by atoms with Crippen molar-refractivity contribution in [2.75, 3.05) is 12.3 Å². The van der Waals surface area contributed by atoms with Crippen LogP contribution in [0, 0.1) is 16.7 Å². The summed E-state index contributed by atoms with van der Waals surface area (Å²) < 4.78 is 0. The highest BCUT2D eigenvalue weighted by Gasteiger charge is 2.47. The second-order valence-corrected chi connectivity index (χ2v) is 8.89. The lowest BCUT2D eigenvalue weighted by atomic mass is 9.75. The van der Waals surface area contributed by atoms with Gasteiger partial charge in [-0.2, -0.15) is 5.26 Å². The summed E-state index contributed by atoms with van der Waals surface area (Å²) in [6, 6.07) is 1.98. The monoisotopic (exact) mass is 343 g/mol. The van der Waals surface area contributed by atoms with E-state index in [9.17, 15) is 4.79 Å². The van der Waals surface area contributed by atoms with Crippen molar-refractivity contribution in [1.29, 1.82) is 5.26 Å². The van der Waals surface area contributed by atoms with Gasteiger partial charge in [0.05, 0.1) is 17.0 Å². The molecule has 1 amide bonds. The molecule has 0 unspecified atom stereocenters. The van der Waals surface area contributed by atoms with Gasteiger partial charge in [-0.05, 0) is 43.9 Å². The number of rotatable bonds is 1. The third kappa shape index (κ3) is 3.39. The van der Waals surface area contributed by atoms with E-state index < -0.39 is 0 Å². The topological polar surface area (TPSA) is 56.1 Å². The van der Waals surface area contributed by atoms with Crippen LogP contribution in [0.1, 0.15) is 52.4 Å². The summed E-state index contributed by atoms with van der Waals surface area (Å²) in [4.78, 5) is 14.6. The van der Waals surface area contributed by atoms with Crippen LogP contribution in [-0.4, -0.2) is 40.1 Å². The summed E-state index contributed by atoms with van der Waals surface area (Å²) >= 11 is 1.93. The first-order chi connectivity index (χ1) is 9.95. The standard InChI is InChI=1S/C16H25N3OS.ClH/c1-15(2)5-7-16(8-6-15)18-13(11-21-16)14(20)19-9-3-4-12(19)10-17;/h12-13,18H,3-9,11H2,1-2H3;1H/t12-,13-;/m0./s1. The van der Waals surface area contributed by atoms with E-state index in [1.165, 1.54) is 12.8 Å². The first kappa shape index (κ1) is 17.9. The third-order valence-corrected chi connectivity index (χ3v) is 6.94. The lowest BCUT2D eigenvalue weighted by molar-refractivity contribution is -0.133. The van der Waals surface area contributed by atoms with Gasteiger partial charge in [-0.1, -0.05) is 13.8 Å². The van der Waals surface area contributed by atoms with Gasteiger partial charge < -0.3 is 4.90 Å². The van der Waals surface area contributed by atoms with Crippen LogP contribution in [0.15, 0.2) is 0 Å². The molecule has 2 atom stereocenters. The maximum atomic E-state index is 12.7. The Bertz CT molecular complexity index is 467. The van der Waals surface area contributed by atoms with Crippen LogP contribution >= 0.6 is 24.2 Å². The highest BCUT2D eigenvalue weighted by Crippen LogP contribution is 2.48. The maximum absolute atomic E-state index is 12.7. The van der Waals surface area contributed by atoms with Crippen LogP contribution in [0.5, 0.6) is 0 Å². The summed E-state index contributed by atoms with van der Waals surface area (Å²) in [5, 5.41) is 12.8. The van der Waals surface area contributed by atoms with Crippen molar-refractivity contribution < 1.29 is 4.79 Å². The number of hydrogen-bond donors (Lipinski definition) is 1. The fraction of sp³-hybridized carbons (Fsp3) is 0.875. The molecule has 6 heteroatoms. The van der Waals surface area contributed by atoms with Crippen molar-refractivity contribution in [2.24, 2.45) is 5.41 Å². The van der Waals surface area contributed by atoms with E-state index in [0.29, 0.717) is 5.41 Å². The van der Waals surface area contributed by atoms with E-state index in [0.717, 1.165) is 38.0 Å². The molecule has 124 valence electrons. The van der Waals surface area contributed by atoms with Gasteiger partial charge in [-0.25, -0.2) is 0 Å². The maximum Gasteiger partial charge on any atom is 0.241 e. The van der Waals surface area contributed by atoms with Crippen LogP contribution in [0.4, 0.5) is 0 Å². The van der Waals surface area contributed by atoms with Crippen molar-refractivity contribution >= 4 is 30.1 Å². The van der Waals surface area contributed by atoms with Gasteiger partial charge in [-0.15, -0.1) is 24.2 Å². The molecule has 2 aliphatic heterocycles. The Labute approximate surface area is 143 Å². The predicted octanol–water partition coefficient (Wildman–Crippen LogP) is 2.92. The van der Waals surface area contributed by atoms with Crippen molar-refractivity contribution in [1.82, 2.24) is 10.2 Å². The Kier molecular flexibility index (Phi) is 5.36. The molecule has 1 spiro atoms. The zero-order valence-corrected chi connectivity index (χ0v) is 15.1. The van der Waals surface area contributed by atoms with Crippen LogP contribution < -0.4 is 5.32 Å². The number of nitrogens with one attached hydrogen (secondary N) is 1. The van der Waals surface area contributed by atoms with Crippen LogP contribution in [0.2, 0.25) is 0 Å². The number of thioether (sulfide) groups is 1. The zero-order valence-electron chi connectivity index (χ0n) is 13.4. The molecule has 3 fully saturated rings. The smallest absolute Gasteiger partial charge is 0.241 e. The summed E-state index contributed by atoms with van der Waals surface area (Å²) in [5.74, 6) is 1.00. The largest absolute Gasteiger partial charge is 0.325 e. The van der Waals surface area contributed by atoms with Crippen LogP contribution in [-0.2, 0) is 4.79 Å². The lowest BCUT2D eigenvalue weighted by Gasteiger charge is -2.41. The Morgan fingerprint density at radius 3 is 2.64 bits per heavy atom. The van der Waals surface area contributed by atoms with Crippen molar-refractivity contribution in [3.8, 4) is 6.07 Å². The third-order valence-electron chi connectivity index (χ3n) is 5.36. The fourth-order valence-corrected chi connectivity index (χ4v) is 5.19. The van der Waals surface area contributed by atoms with E-state index in [1.807, 2.05) is 11.8 Å². The first-order valence-corrected chi connectivity index (χ1v) is 9.05. The number of amides is 1. The quantitative estimate of drug-likeness (QED) is 0.795. The molecule has 2 saturated heterocycles. The Morgan fingerprint density at radius 1 is 1.32 bits per heavy atom. The van der Waals surface area contributed by atoms with E-state index in [4.69, 9.17) is 5.26 Å². The minimum Gasteiger partial charge on any atom is -0.325 e. The zero-order chi connectivity index (χ0) is 15.1. The molecule has 4 nitrogen and oxygen atoms in total. The number of nitrogens with zero attached hydrogens (tertiary/aromatic N) is 2. The fourth-order valence-electron chi connectivity index (χ4n) is 3.76. The number of likely N-dealkylation sites (tertiary alicyclic amines) is 1. The number of carbonyl (C=O) groups excluding carboxylic acids is 1. The van der Waals surface area contributed by atoms with Gasteiger partial charge in [0.1, 0.15) is 6.04 Å². The lowest BCUT2D eigenvalue weighted by Crippen LogP contribution is -2.52. The number of carbonyl (C=O) groups is 1. The molecule has 1 saturated carbocycles. The van der Waals surface area contributed by atoms with Crippen molar-refractivity contribution in [3.63, 3.8) is 0 Å². The van der Waals surface area contributed by atoms with Gasteiger partial charge >= 0.3 is 0 Å². The van der Waals surface area contributed by atoms with E-state index >= 15 is 0 Å². The molecular formula is C16H26ClN3OS. The summed E-state index contributed by atoms with van der Waals surface area (Å²) in [5.41, 5.74) is 0.441. The number of nitriles is 1. The normalized spacial score (nSPS) is 32.5. The van der Waals surface area contributed by atoms with E-state index in [2.05, 4.69) is 25.2 Å². The average molecular weight is 344 g/mol. The molecule has 1 aliphatic carbocycles. The Morgan fingerprint density at radius 2 is 2.00 bits per heavy atom. The summed E-state index contributed by atoms with van der Waals surface area (Å²) in [6.45, 7) is 5.42. The second kappa shape index (κ2) is 6.59. The molecule has 3 aliphatic rings. The van der Waals surface area contributed by atoms with Gasteiger partial charge in [0.25, 0.3) is 0 Å². The molecule has 0 bridgehead atoms. The molecule has 0 aromatic carbocycles. The molecule has 0 aromatic heterocycles.